The van der Waals surface area contributed by atoms with Crippen molar-refractivity contribution >= 4 is 79.4 Å². The van der Waals surface area contributed by atoms with Crippen LogP contribution in [0.1, 0.15) is 6.42 Å². The molecule has 0 aliphatic heterocycles. The van der Waals surface area contributed by atoms with E-state index in [4.69, 9.17) is 69.6 Å². The van der Waals surface area contributed by atoms with Crippen LogP contribution in [0.15, 0.2) is 4.90 Å². The fraction of sp³-hybridized carbons (Fsp3) is 0.333. The molecule has 0 radical (unpaired) electrons. The molecule has 0 fully saturated rings. The lowest BCUT2D eigenvalue weighted by Gasteiger charge is -2.12. The van der Waals surface area contributed by atoms with Gasteiger partial charge in [0.1, 0.15) is 4.90 Å². The van der Waals surface area contributed by atoms with Crippen molar-refractivity contribution in [3.8, 4) is 0 Å². The van der Waals surface area contributed by atoms with E-state index in [0.717, 1.165) is 0 Å². The molecule has 0 aliphatic rings. The lowest BCUT2D eigenvalue weighted by atomic mass is 10.3. The van der Waals surface area contributed by atoms with E-state index < -0.39 is 9.84 Å². The molecule has 0 aromatic heterocycles. The van der Waals surface area contributed by atoms with Crippen LogP contribution in [0.4, 0.5) is 0 Å². The van der Waals surface area contributed by atoms with Crippen molar-refractivity contribution in [2.45, 2.75) is 11.3 Å². The first-order valence-electron chi connectivity index (χ1n) is 4.54. The van der Waals surface area contributed by atoms with Crippen LogP contribution < -0.4 is 0 Å². The summed E-state index contributed by atoms with van der Waals surface area (Å²) in [6, 6.07) is 0. The maximum atomic E-state index is 12.1. The van der Waals surface area contributed by atoms with Gasteiger partial charge in [0.2, 0.25) is 0 Å². The zero-order chi connectivity index (χ0) is 14.1. The van der Waals surface area contributed by atoms with E-state index in [1.807, 2.05) is 0 Å². The summed E-state index contributed by atoms with van der Waals surface area (Å²) in [6.07, 6.45) is 0.258. The molecule has 1 rings (SSSR count). The van der Waals surface area contributed by atoms with Gasteiger partial charge in [-0.2, -0.15) is 0 Å². The summed E-state index contributed by atoms with van der Waals surface area (Å²) < 4.78 is 24.1. The van der Waals surface area contributed by atoms with E-state index in [9.17, 15) is 8.42 Å². The van der Waals surface area contributed by atoms with Crippen LogP contribution in [-0.2, 0) is 9.84 Å². The van der Waals surface area contributed by atoms with Crippen molar-refractivity contribution < 1.29 is 8.42 Å². The molecule has 0 N–H and O–H groups in total. The molecule has 0 spiro atoms. The number of hydrogen-bond acceptors (Lipinski definition) is 2. The molecular weight excluding hydrogens is 385 g/mol. The Morgan fingerprint density at radius 3 is 1.56 bits per heavy atom. The predicted molar refractivity (Wildman–Crippen MR) is 78.9 cm³/mol. The summed E-state index contributed by atoms with van der Waals surface area (Å²) in [7, 11) is -3.72. The van der Waals surface area contributed by atoms with Crippen molar-refractivity contribution in [3.63, 3.8) is 0 Å². The van der Waals surface area contributed by atoms with Crippen LogP contribution >= 0.6 is 69.6 Å². The van der Waals surface area contributed by atoms with Crippen molar-refractivity contribution in [2.24, 2.45) is 0 Å². The summed E-state index contributed by atoms with van der Waals surface area (Å²) in [5.41, 5.74) is 0. The molecule has 0 bridgehead atoms. The minimum atomic E-state index is -3.72. The first-order chi connectivity index (χ1) is 8.24. The van der Waals surface area contributed by atoms with Crippen molar-refractivity contribution in [2.75, 3.05) is 11.6 Å². The summed E-state index contributed by atoms with van der Waals surface area (Å²) in [6.45, 7) is 0. The fourth-order valence-electron chi connectivity index (χ4n) is 1.20. The van der Waals surface area contributed by atoms with Gasteiger partial charge in [0.05, 0.1) is 30.9 Å². The lowest BCUT2D eigenvalue weighted by Crippen LogP contribution is -2.09. The highest BCUT2D eigenvalue weighted by Gasteiger charge is 2.27. The van der Waals surface area contributed by atoms with E-state index in [0.29, 0.717) is 0 Å². The topological polar surface area (TPSA) is 34.1 Å². The number of benzene rings is 1. The molecule has 0 saturated heterocycles. The number of alkyl halides is 1. The molecule has 0 amide bonds. The van der Waals surface area contributed by atoms with Gasteiger partial charge in [-0.3, -0.25) is 0 Å². The molecule has 0 heterocycles. The molecule has 0 aliphatic carbocycles. The van der Waals surface area contributed by atoms with Gasteiger partial charge < -0.3 is 0 Å². The van der Waals surface area contributed by atoms with Crippen LogP contribution in [0.25, 0.3) is 0 Å². The number of halogens is 6. The summed E-state index contributed by atoms with van der Waals surface area (Å²) in [5.74, 6) is -0.00620. The predicted octanol–water partition coefficient (Wildman–Crippen LogP) is 5.36. The van der Waals surface area contributed by atoms with Crippen LogP contribution in [0.2, 0.25) is 25.1 Å². The zero-order valence-corrected chi connectivity index (χ0v) is 14.0. The third kappa shape index (κ3) is 3.32. The highest BCUT2D eigenvalue weighted by Crippen LogP contribution is 2.46. The van der Waals surface area contributed by atoms with E-state index in [-0.39, 0.29) is 48.1 Å². The average Bonchev–Trinajstić information content (AvgIpc) is 2.31. The van der Waals surface area contributed by atoms with E-state index in [2.05, 4.69) is 0 Å². The van der Waals surface area contributed by atoms with Gasteiger partial charge in [0.15, 0.2) is 9.84 Å². The largest absolute Gasteiger partial charge is 0.224 e. The second-order valence-electron chi connectivity index (χ2n) is 3.26. The zero-order valence-electron chi connectivity index (χ0n) is 8.61. The first kappa shape index (κ1) is 17.0. The van der Waals surface area contributed by atoms with Gasteiger partial charge >= 0.3 is 0 Å². The first-order valence-corrected chi connectivity index (χ1v) is 8.61. The molecule has 18 heavy (non-hydrogen) atoms. The minimum Gasteiger partial charge on any atom is -0.224 e. The van der Waals surface area contributed by atoms with Gasteiger partial charge in [0.25, 0.3) is 0 Å². The minimum absolute atomic E-state index is 0.0790. The standard InChI is InChI=1S/C9H6Cl6O2S/c10-2-1-3-18(16,17)9-7(14)5(12)4(11)6(13)8(9)15/h1-3H2. The van der Waals surface area contributed by atoms with Crippen LogP contribution in [-0.4, -0.2) is 20.1 Å². The normalized spacial score (nSPS) is 11.9. The quantitative estimate of drug-likeness (QED) is 0.394. The lowest BCUT2D eigenvalue weighted by molar-refractivity contribution is 0.595. The maximum Gasteiger partial charge on any atom is 0.181 e. The molecule has 102 valence electrons. The Bertz CT molecular complexity index is 540. The van der Waals surface area contributed by atoms with E-state index in [1.165, 1.54) is 0 Å². The third-order valence-corrected chi connectivity index (χ3v) is 6.65. The van der Waals surface area contributed by atoms with Crippen LogP contribution in [0.3, 0.4) is 0 Å². The Morgan fingerprint density at radius 2 is 1.17 bits per heavy atom. The Balaban J connectivity index is 3.52. The Morgan fingerprint density at radius 1 is 0.778 bits per heavy atom. The molecule has 0 atom stereocenters. The SMILES string of the molecule is O=S(=O)(CCCCl)c1c(Cl)c(Cl)c(Cl)c(Cl)c1Cl. The highest BCUT2D eigenvalue weighted by atomic mass is 35.5. The van der Waals surface area contributed by atoms with E-state index >= 15 is 0 Å². The maximum absolute atomic E-state index is 12.1. The third-order valence-electron chi connectivity index (χ3n) is 2.03. The number of sulfone groups is 1. The molecule has 1 aromatic carbocycles. The van der Waals surface area contributed by atoms with Gasteiger partial charge in [-0.15, -0.1) is 11.6 Å². The summed E-state index contributed by atoms with van der Waals surface area (Å²) in [4.78, 5) is -0.310. The smallest absolute Gasteiger partial charge is 0.181 e. The molecule has 0 unspecified atom stereocenters. The molecular formula is C9H6Cl6O2S. The highest BCUT2D eigenvalue weighted by molar-refractivity contribution is 7.91. The van der Waals surface area contributed by atoms with Crippen molar-refractivity contribution in [1.82, 2.24) is 0 Å². The molecule has 2 nitrogen and oxygen atoms in total. The second-order valence-corrected chi connectivity index (χ2v) is 7.57. The van der Waals surface area contributed by atoms with Gasteiger partial charge in [0, 0.05) is 5.88 Å². The molecule has 9 heteroatoms. The molecule has 0 saturated carbocycles. The molecule has 1 aromatic rings. The van der Waals surface area contributed by atoms with Gasteiger partial charge in [-0.1, -0.05) is 58.0 Å². The van der Waals surface area contributed by atoms with Crippen molar-refractivity contribution in [1.29, 1.82) is 0 Å². The monoisotopic (exact) mass is 388 g/mol. The second kappa shape index (κ2) is 6.57. The number of hydrogen-bond donors (Lipinski definition) is 0. The van der Waals surface area contributed by atoms with Crippen molar-refractivity contribution in [3.05, 3.63) is 25.1 Å². The van der Waals surface area contributed by atoms with E-state index in [1.54, 1.807) is 0 Å². The van der Waals surface area contributed by atoms with Crippen LogP contribution in [0, 0.1) is 0 Å². The average molecular weight is 391 g/mol. The van der Waals surface area contributed by atoms with Gasteiger partial charge in [-0.05, 0) is 6.42 Å². The number of rotatable bonds is 4. The Hall–Kier alpha value is 0.910. The summed E-state index contributed by atoms with van der Waals surface area (Å²) >= 11 is 34.6. The van der Waals surface area contributed by atoms with Gasteiger partial charge in [-0.25, -0.2) is 8.42 Å². The van der Waals surface area contributed by atoms with Crippen LogP contribution in [0.5, 0.6) is 0 Å². The fourth-order valence-corrected chi connectivity index (χ4v) is 4.93. The Labute approximate surface area is 135 Å². The Kier molecular flexibility index (Phi) is 6.20. The summed E-state index contributed by atoms with van der Waals surface area (Å²) in [5, 5.41) is -0.824.